The van der Waals surface area contributed by atoms with Crippen molar-refractivity contribution in [1.82, 2.24) is 9.97 Å². The third-order valence-corrected chi connectivity index (χ3v) is 2.81. The van der Waals surface area contributed by atoms with Gasteiger partial charge in [0.25, 0.3) is 0 Å². The number of nitrogens with zero attached hydrogens (tertiary/aromatic N) is 2. The standard InChI is InChI=1S/C16H21N3O/c1-5-17-14-10-15(19-16(18-14)11(2)3)20-13-8-6-7-12(4)9-13/h6-11H,5H2,1-4H3,(H,17,18,19). The van der Waals surface area contributed by atoms with Gasteiger partial charge in [0.1, 0.15) is 17.4 Å². The van der Waals surface area contributed by atoms with Crippen molar-refractivity contribution in [3.8, 4) is 11.6 Å². The quantitative estimate of drug-likeness (QED) is 0.888. The fraction of sp³-hybridized carbons (Fsp3) is 0.375. The minimum atomic E-state index is 0.258. The molecule has 0 amide bonds. The summed E-state index contributed by atoms with van der Waals surface area (Å²) in [6.07, 6.45) is 0. The number of nitrogens with one attached hydrogen (secondary N) is 1. The number of aromatic nitrogens is 2. The number of hydrogen-bond donors (Lipinski definition) is 1. The maximum Gasteiger partial charge on any atom is 0.224 e. The van der Waals surface area contributed by atoms with E-state index < -0.39 is 0 Å². The van der Waals surface area contributed by atoms with E-state index in [1.54, 1.807) is 0 Å². The van der Waals surface area contributed by atoms with Crippen LogP contribution in [0.25, 0.3) is 0 Å². The smallest absolute Gasteiger partial charge is 0.224 e. The summed E-state index contributed by atoms with van der Waals surface area (Å²) in [7, 11) is 0. The van der Waals surface area contributed by atoms with E-state index in [2.05, 4.69) is 29.1 Å². The van der Waals surface area contributed by atoms with Gasteiger partial charge in [-0.1, -0.05) is 26.0 Å². The molecule has 0 saturated carbocycles. The average Bonchev–Trinajstić information content (AvgIpc) is 2.38. The number of benzene rings is 1. The Balaban J connectivity index is 2.30. The van der Waals surface area contributed by atoms with E-state index in [4.69, 9.17) is 4.74 Å². The lowest BCUT2D eigenvalue weighted by Crippen LogP contribution is -2.05. The predicted molar refractivity (Wildman–Crippen MR) is 81.5 cm³/mol. The molecule has 2 aromatic rings. The van der Waals surface area contributed by atoms with Crippen LogP contribution in [0, 0.1) is 6.92 Å². The molecule has 0 bridgehead atoms. The van der Waals surface area contributed by atoms with Gasteiger partial charge in [0.2, 0.25) is 5.88 Å². The zero-order valence-electron chi connectivity index (χ0n) is 12.5. The van der Waals surface area contributed by atoms with E-state index in [1.807, 2.05) is 44.2 Å². The van der Waals surface area contributed by atoms with Gasteiger partial charge in [-0.05, 0) is 31.5 Å². The van der Waals surface area contributed by atoms with Crippen LogP contribution >= 0.6 is 0 Å². The van der Waals surface area contributed by atoms with Gasteiger partial charge in [-0.15, -0.1) is 0 Å². The van der Waals surface area contributed by atoms with E-state index in [-0.39, 0.29) is 5.92 Å². The monoisotopic (exact) mass is 271 g/mol. The normalized spacial score (nSPS) is 10.7. The van der Waals surface area contributed by atoms with Crippen molar-refractivity contribution in [3.63, 3.8) is 0 Å². The molecule has 0 spiro atoms. The molecule has 106 valence electrons. The first-order valence-electron chi connectivity index (χ1n) is 6.96. The predicted octanol–water partition coefficient (Wildman–Crippen LogP) is 4.13. The van der Waals surface area contributed by atoms with Crippen LogP contribution in [0.15, 0.2) is 30.3 Å². The summed E-state index contributed by atoms with van der Waals surface area (Å²) in [6, 6.07) is 9.76. The summed E-state index contributed by atoms with van der Waals surface area (Å²) in [5, 5.41) is 3.21. The highest BCUT2D eigenvalue weighted by molar-refractivity contribution is 5.40. The van der Waals surface area contributed by atoms with Gasteiger partial charge in [0, 0.05) is 18.5 Å². The van der Waals surface area contributed by atoms with E-state index in [9.17, 15) is 0 Å². The zero-order chi connectivity index (χ0) is 14.5. The summed E-state index contributed by atoms with van der Waals surface area (Å²) in [6.45, 7) is 9.04. The molecule has 0 radical (unpaired) electrons. The molecule has 2 rings (SSSR count). The van der Waals surface area contributed by atoms with E-state index >= 15 is 0 Å². The third-order valence-electron chi connectivity index (χ3n) is 2.81. The summed E-state index contributed by atoms with van der Waals surface area (Å²) < 4.78 is 5.85. The van der Waals surface area contributed by atoms with Crippen molar-refractivity contribution < 1.29 is 4.74 Å². The van der Waals surface area contributed by atoms with Crippen LogP contribution in [-0.2, 0) is 0 Å². The van der Waals surface area contributed by atoms with Gasteiger partial charge in [0.15, 0.2) is 0 Å². The minimum Gasteiger partial charge on any atom is -0.439 e. The fourth-order valence-electron chi connectivity index (χ4n) is 1.82. The van der Waals surface area contributed by atoms with Crippen LogP contribution in [-0.4, -0.2) is 16.5 Å². The highest BCUT2D eigenvalue weighted by Gasteiger charge is 2.09. The average molecular weight is 271 g/mol. The van der Waals surface area contributed by atoms with E-state index in [0.29, 0.717) is 5.88 Å². The van der Waals surface area contributed by atoms with Gasteiger partial charge in [-0.3, -0.25) is 0 Å². The SMILES string of the molecule is CCNc1cc(Oc2cccc(C)c2)nc(C(C)C)n1. The lowest BCUT2D eigenvalue weighted by Gasteiger charge is -2.11. The molecule has 1 aromatic carbocycles. The maximum absolute atomic E-state index is 5.85. The Morgan fingerprint density at radius 1 is 1.20 bits per heavy atom. The van der Waals surface area contributed by atoms with E-state index in [0.717, 1.165) is 29.5 Å². The lowest BCUT2D eigenvalue weighted by molar-refractivity contribution is 0.457. The topological polar surface area (TPSA) is 47.0 Å². The van der Waals surface area contributed by atoms with Crippen LogP contribution in [0.3, 0.4) is 0 Å². The fourth-order valence-corrected chi connectivity index (χ4v) is 1.82. The molecular formula is C16H21N3O. The Kier molecular flexibility index (Phi) is 4.56. The van der Waals surface area contributed by atoms with Crippen molar-refractivity contribution in [2.24, 2.45) is 0 Å². The number of aryl methyl sites for hydroxylation is 1. The highest BCUT2D eigenvalue weighted by Crippen LogP contribution is 2.24. The molecule has 0 aliphatic carbocycles. The molecule has 0 atom stereocenters. The lowest BCUT2D eigenvalue weighted by atomic mass is 10.2. The molecule has 0 unspecified atom stereocenters. The van der Waals surface area contributed by atoms with Gasteiger partial charge in [0.05, 0.1) is 0 Å². The van der Waals surface area contributed by atoms with Crippen LogP contribution in [0.4, 0.5) is 5.82 Å². The van der Waals surface area contributed by atoms with Crippen molar-refractivity contribution >= 4 is 5.82 Å². The van der Waals surface area contributed by atoms with Crippen LogP contribution in [0.2, 0.25) is 0 Å². The van der Waals surface area contributed by atoms with E-state index in [1.165, 1.54) is 0 Å². The second kappa shape index (κ2) is 6.37. The van der Waals surface area contributed by atoms with Gasteiger partial charge in [-0.25, -0.2) is 4.98 Å². The molecule has 0 saturated heterocycles. The van der Waals surface area contributed by atoms with Crippen molar-refractivity contribution in [1.29, 1.82) is 0 Å². The Hall–Kier alpha value is -2.10. The molecule has 4 heteroatoms. The molecule has 0 aliphatic heterocycles. The summed E-state index contributed by atoms with van der Waals surface area (Å²) in [4.78, 5) is 8.95. The second-order valence-corrected chi connectivity index (χ2v) is 5.05. The van der Waals surface area contributed by atoms with Crippen molar-refractivity contribution in [3.05, 3.63) is 41.7 Å². The Labute approximate surface area is 120 Å². The van der Waals surface area contributed by atoms with Crippen LogP contribution in [0.5, 0.6) is 11.6 Å². The van der Waals surface area contributed by atoms with Crippen molar-refractivity contribution in [2.45, 2.75) is 33.6 Å². The Bertz CT molecular complexity index is 582. The molecule has 1 aromatic heterocycles. The van der Waals surface area contributed by atoms with Crippen LogP contribution < -0.4 is 10.1 Å². The second-order valence-electron chi connectivity index (χ2n) is 5.05. The zero-order valence-corrected chi connectivity index (χ0v) is 12.5. The Morgan fingerprint density at radius 3 is 2.65 bits per heavy atom. The first-order chi connectivity index (χ1) is 9.58. The number of rotatable bonds is 5. The summed E-state index contributed by atoms with van der Waals surface area (Å²) in [5.41, 5.74) is 1.16. The number of hydrogen-bond acceptors (Lipinski definition) is 4. The first-order valence-corrected chi connectivity index (χ1v) is 6.96. The molecule has 20 heavy (non-hydrogen) atoms. The highest BCUT2D eigenvalue weighted by atomic mass is 16.5. The van der Waals surface area contributed by atoms with Gasteiger partial charge in [-0.2, -0.15) is 4.98 Å². The summed E-state index contributed by atoms with van der Waals surface area (Å²) in [5.74, 6) is 3.21. The summed E-state index contributed by atoms with van der Waals surface area (Å²) >= 11 is 0. The maximum atomic E-state index is 5.85. The molecule has 0 fully saturated rings. The van der Waals surface area contributed by atoms with Crippen LogP contribution in [0.1, 0.15) is 38.1 Å². The largest absolute Gasteiger partial charge is 0.439 e. The number of ether oxygens (including phenoxy) is 1. The minimum absolute atomic E-state index is 0.258. The third kappa shape index (κ3) is 3.70. The molecule has 1 heterocycles. The first kappa shape index (κ1) is 14.3. The Morgan fingerprint density at radius 2 is 2.00 bits per heavy atom. The molecular weight excluding hydrogens is 250 g/mol. The molecule has 1 N–H and O–H groups in total. The number of anilines is 1. The van der Waals surface area contributed by atoms with Gasteiger partial charge < -0.3 is 10.1 Å². The molecule has 4 nitrogen and oxygen atoms in total. The van der Waals surface area contributed by atoms with Crippen molar-refractivity contribution in [2.75, 3.05) is 11.9 Å². The van der Waals surface area contributed by atoms with Gasteiger partial charge >= 0.3 is 0 Å². The molecule has 0 aliphatic rings.